The highest BCUT2D eigenvalue weighted by Gasteiger charge is 2.20. The zero-order chi connectivity index (χ0) is 20.3. The smallest absolute Gasteiger partial charge is 0.159 e. The van der Waals surface area contributed by atoms with Crippen LogP contribution in [-0.4, -0.2) is 38.5 Å². The highest BCUT2D eigenvalue weighted by molar-refractivity contribution is 7.15. The van der Waals surface area contributed by atoms with Gasteiger partial charge >= 0.3 is 0 Å². The van der Waals surface area contributed by atoms with Gasteiger partial charge in [0, 0.05) is 72.4 Å². The molecule has 6 nitrogen and oxygen atoms in total. The van der Waals surface area contributed by atoms with E-state index in [0.717, 1.165) is 59.5 Å². The van der Waals surface area contributed by atoms with Crippen molar-refractivity contribution in [2.45, 2.75) is 19.5 Å². The van der Waals surface area contributed by atoms with E-state index in [4.69, 9.17) is 9.72 Å². The van der Waals surface area contributed by atoms with E-state index in [-0.39, 0.29) is 0 Å². The minimum Gasteiger partial charge on any atom is -0.497 e. The van der Waals surface area contributed by atoms with Crippen LogP contribution < -0.4 is 4.74 Å². The van der Waals surface area contributed by atoms with Crippen LogP contribution in [0, 0.1) is 0 Å². The third-order valence-electron chi connectivity index (χ3n) is 5.20. The van der Waals surface area contributed by atoms with E-state index in [9.17, 15) is 0 Å². The molecule has 0 fully saturated rings. The molecular formula is C23H21N5OS. The standard InChI is InChI=1S/C23H21N5OS/c1-29-19-4-2-3-17(11-19)23-26-13-20(30-23)15-28-10-7-21-18(14-28)12-25-22(27-21)16-5-8-24-9-6-16/h2-6,8-9,11-13H,7,10,14-15H2,1H3. The van der Waals surface area contributed by atoms with Crippen molar-refractivity contribution in [1.82, 2.24) is 24.8 Å². The van der Waals surface area contributed by atoms with Gasteiger partial charge in [-0.25, -0.2) is 15.0 Å². The number of benzene rings is 1. The first-order valence-electron chi connectivity index (χ1n) is 9.85. The SMILES string of the molecule is COc1cccc(-c2ncc(CN3CCc4nc(-c5ccncc5)ncc4C3)s2)c1. The van der Waals surface area contributed by atoms with Crippen molar-refractivity contribution in [3.8, 4) is 27.7 Å². The fraction of sp³-hybridized carbons (Fsp3) is 0.217. The summed E-state index contributed by atoms with van der Waals surface area (Å²) in [6.07, 6.45) is 8.43. The van der Waals surface area contributed by atoms with Crippen LogP contribution in [0.1, 0.15) is 16.1 Å². The van der Waals surface area contributed by atoms with Crippen LogP contribution in [-0.2, 0) is 19.5 Å². The van der Waals surface area contributed by atoms with E-state index in [0.29, 0.717) is 0 Å². The van der Waals surface area contributed by atoms with Crippen LogP contribution in [0.5, 0.6) is 5.75 Å². The molecule has 30 heavy (non-hydrogen) atoms. The van der Waals surface area contributed by atoms with Crippen molar-refractivity contribution >= 4 is 11.3 Å². The molecule has 5 rings (SSSR count). The number of fused-ring (bicyclic) bond motifs is 1. The van der Waals surface area contributed by atoms with Gasteiger partial charge in [0.25, 0.3) is 0 Å². The lowest BCUT2D eigenvalue weighted by molar-refractivity contribution is 0.245. The Morgan fingerprint density at radius 2 is 1.97 bits per heavy atom. The van der Waals surface area contributed by atoms with Crippen LogP contribution in [0.25, 0.3) is 22.0 Å². The van der Waals surface area contributed by atoms with Gasteiger partial charge in [0.1, 0.15) is 10.8 Å². The van der Waals surface area contributed by atoms with Crippen LogP contribution in [0.3, 0.4) is 0 Å². The molecule has 0 spiro atoms. The van der Waals surface area contributed by atoms with E-state index >= 15 is 0 Å². The number of hydrogen-bond donors (Lipinski definition) is 0. The summed E-state index contributed by atoms with van der Waals surface area (Å²) in [5.41, 5.74) is 4.45. The first-order chi connectivity index (χ1) is 14.8. The molecule has 0 atom stereocenters. The van der Waals surface area contributed by atoms with Crippen molar-refractivity contribution in [3.63, 3.8) is 0 Å². The molecule has 0 unspecified atom stereocenters. The molecule has 4 heterocycles. The average Bonchev–Trinajstić information content (AvgIpc) is 3.28. The Morgan fingerprint density at radius 1 is 1.07 bits per heavy atom. The van der Waals surface area contributed by atoms with Gasteiger partial charge in [0.2, 0.25) is 0 Å². The molecule has 3 aromatic heterocycles. The number of rotatable bonds is 5. The predicted molar refractivity (Wildman–Crippen MR) is 117 cm³/mol. The lowest BCUT2D eigenvalue weighted by Crippen LogP contribution is -2.30. The Morgan fingerprint density at radius 3 is 2.83 bits per heavy atom. The first kappa shape index (κ1) is 18.8. The quantitative estimate of drug-likeness (QED) is 0.486. The highest BCUT2D eigenvalue weighted by atomic mass is 32.1. The summed E-state index contributed by atoms with van der Waals surface area (Å²) in [4.78, 5) is 21.7. The van der Waals surface area contributed by atoms with E-state index < -0.39 is 0 Å². The van der Waals surface area contributed by atoms with Crippen molar-refractivity contribution < 1.29 is 4.74 Å². The second-order valence-electron chi connectivity index (χ2n) is 7.23. The summed E-state index contributed by atoms with van der Waals surface area (Å²) < 4.78 is 5.33. The maximum Gasteiger partial charge on any atom is 0.159 e. The van der Waals surface area contributed by atoms with E-state index in [1.54, 1.807) is 30.8 Å². The van der Waals surface area contributed by atoms with Gasteiger partial charge in [-0.2, -0.15) is 0 Å². The monoisotopic (exact) mass is 415 g/mol. The fourth-order valence-electron chi connectivity index (χ4n) is 3.64. The second kappa shape index (κ2) is 8.30. The van der Waals surface area contributed by atoms with Crippen LogP contribution in [0.4, 0.5) is 0 Å². The van der Waals surface area contributed by atoms with Crippen molar-refractivity contribution in [3.05, 3.63) is 77.3 Å². The van der Waals surface area contributed by atoms with Crippen molar-refractivity contribution in [2.75, 3.05) is 13.7 Å². The predicted octanol–water partition coefficient (Wildman–Crippen LogP) is 4.23. The topological polar surface area (TPSA) is 64.0 Å². The Balaban J connectivity index is 1.28. The number of aromatic nitrogens is 4. The molecule has 4 aromatic rings. The maximum absolute atomic E-state index is 5.33. The molecule has 150 valence electrons. The summed E-state index contributed by atoms with van der Waals surface area (Å²) in [6, 6.07) is 11.9. The third-order valence-corrected chi connectivity index (χ3v) is 6.23. The first-order valence-corrected chi connectivity index (χ1v) is 10.7. The normalized spacial score (nSPS) is 13.8. The number of methoxy groups -OCH3 is 1. The van der Waals surface area contributed by atoms with E-state index in [1.165, 1.54) is 10.4 Å². The summed E-state index contributed by atoms with van der Waals surface area (Å²) in [5.74, 6) is 1.62. The van der Waals surface area contributed by atoms with Crippen LogP contribution >= 0.6 is 11.3 Å². The Hall–Kier alpha value is -3.16. The second-order valence-corrected chi connectivity index (χ2v) is 8.34. The van der Waals surface area contributed by atoms with E-state index in [2.05, 4.69) is 25.9 Å². The molecule has 0 N–H and O–H groups in total. The Kier molecular flexibility index (Phi) is 5.21. The highest BCUT2D eigenvalue weighted by Crippen LogP contribution is 2.29. The number of thiazole rings is 1. The zero-order valence-corrected chi connectivity index (χ0v) is 17.5. The van der Waals surface area contributed by atoms with Gasteiger partial charge < -0.3 is 4.74 Å². The van der Waals surface area contributed by atoms with E-state index in [1.807, 2.05) is 42.7 Å². The minimum atomic E-state index is 0.773. The minimum absolute atomic E-state index is 0.773. The average molecular weight is 416 g/mol. The summed E-state index contributed by atoms with van der Waals surface area (Å²) in [6.45, 7) is 2.72. The Bertz CT molecular complexity index is 1160. The molecule has 0 aliphatic carbocycles. The molecule has 1 aromatic carbocycles. The van der Waals surface area contributed by atoms with Gasteiger partial charge in [-0.15, -0.1) is 11.3 Å². The molecule has 0 radical (unpaired) electrons. The van der Waals surface area contributed by atoms with Gasteiger partial charge in [-0.3, -0.25) is 9.88 Å². The molecule has 1 aliphatic heterocycles. The maximum atomic E-state index is 5.33. The van der Waals surface area contributed by atoms with Crippen LogP contribution in [0.2, 0.25) is 0 Å². The van der Waals surface area contributed by atoms with Crippen molar-refractivity contribution in [1.29, 1.82) is 0 Å². The summed E-state index contributed by atoms with van der Waals surface area (Å²) in [7, 11) is 1.68. The van der Waals surface area contributed by atoms with Crippen molar-refractivity contribution in [2.24, 2.45) is 0 Å². The third kappa shape index (κ3) is 3.94. The molecule has 7 heteroatoms. The van der Waals surface area contributed by atoms with Gasteiger partial charge in [0.05, 0.1) is 12.8 Å². The molecule has 0 saturated carbocycles. The molecule has 1 aliphatic rings. The summed E-state index contributed by atoms with van der Waals surface area (Å²) >= 11 is 1.73. The lowest BCUT2D eigenvalue weighted by Gasteiger charge is -2.27. The number of nitrogens with zero attached hydrogens (tertiary/aromatic N) is 5. The fourth-order valence-corrected chi connectivity index (χ4v) is 4.59. The summed E-state index contributed by atoms with van der Waals surface area (Å²) in [5, 5.41) is 1.02. The lowest BCUT2D eigenvalue weighted by atomic mass is 10.1. The molecule has 0 saturated heterocycles. The molecular weight excluding hydrogens is 394 g/mol. The van der Waals surface area contributed by atoms with Gasteiger partial charge in [0.15, 0.2) is 5.82 Å². The number of pyridine rings is 1. The van der Waals surface area contributed by atoms with Crippen LogP contribution in [0.15, 0.2) is 61.2 Å². The largest absolute Gasteiger partial charge is 0.497 e. The van der Waals surface area contributed by atoms with Gasteiger partial charge in [-0.1, -0.05) is 12.1 Å². The molecule has 0 bridgehead atoms. The Labute approximate surface area is 179 Å². The number of hydrogen-bond acceptors (Lipinski definition) is 7. The number of ether oxygens (including phenoxy) is 1. The molecule has 0 amide bonds. The van der Waals surface area contributed by atoms with Gasteiger partial charge in [-0.05, 0) is 24.3 Å². The zero-order valence-electron chi connectivity index (χ0n) is 16.7.